The van der Waals surface area contributed by atoms with Crippen LogP contribution in [0.1, 0.15) is 19.4 Å². The normalized spacial score (nSPS) is 11.9. The Labute approximate surface area is 128 Å². The molecule has 0 amide bonds. The van der Waals surface area contributed by atoms with Gasteiger partial charge in [0.15, 0.2) is 0 Å². The molecule has 0 aliphatic rings. The smallest absolute Gasteiger partial charge is 0.119 e. The van der Waals surface area contributed by atoms with Gasteiger partial charge in [0, 0.05) is 21.6 Å². The fourth-order valence-electron chi connectivity index (χ4n) is 1.84. The molecule has 0 aromatic heterocycles. The highest BCUT2D eigenvalue weighted by molar-refractivity contribution is 9.10. The summed E-state index contributed by atoms with van der Waals surface area (Å²) in [7, 11) is 1.67. The lowest BCUT2D eigenvalue weighted by molar-refractivity contribution is 0.258. The van der Waals surface area contributed by atoms with Gasteiger partial charge in [0.05, 0.1) is 7.11 Å². The van der Waals surface area contributed by atoms with Crippen molar-refractivity contribution in [1.82, 2.24) is 0 Å². The lowest BCUT2D eigenvalue weighted by Crippen LogP contribution is -2.34. The van der Waals surface area contributed by atoms with E-state index in [-0.39, 0.29) is 5.41 Å². The van der Waals surface area contributed by atoms with Gasteiger partial charge in [-0.3, -0.25) is 0 Å². The Morgan fingerprint density at radius 2 is 1.89 bits per heavy atom. The fraction of sp³-hybridized carbons (Fsp3) is 0.571. The Morgan fingerprint density at radius 1 is 1.28 bits per heavy atom. The monoisotopic (exact) mass is 352 g/mol. The van der Waals surface area contributed by atoms with Gasteiger partial charge in [0.1, 0.15) is 5.75 Å². The van der Waals surface area contributed by atoms with Crippen molar-refractivity contribution in [3.63, 3.8) is 0 Å². The van der Waals surface area contributed by atoms with E-state index in [9.17, 15) is 0 Å². The molecule has 0 fully saturated rings. The second-order valence-electron chi connectivity index (χ2n) is 4.92. The third-order valence-electron chi connectivity index (χ3n) is 3.55. The van der Waals surface area contributed by atoms with E-state index in [4.69, 9.17) is 27.9 Å². The number of ether oxygens (including phenoxy) is 1. The van der Waals surface area contributed by atoms with Gasteiger partial charge < -0.3 is 4.74 Å². The predicted octanol–water partition coefficient (Wildman–Crippen LogP) is 5.12. The van der Waals surface area contributed by atoms with E-state index in [1.54, 1.807) is 7.11 Å². The molecular weight excluding hydrogens is 335 g/mol. The standard InChI is InChI=1S/C14H19BrCl2O/c1-10(2)14(8-16,9-17)7-11-6-12(18-3)4-5-13(11)15/h4-6,10H,7-9H2,1-3H3. The third-order valence-corrected chi connectivity index (χ3v) is 5.39. The van der Waals surface area contributed by atoms with Gasteiger partial charge in [0.2, 0.25) is 0 Å². The minimum atomic E-state index is -0.0853. The summed E-state index contributed by atoms with van der Waals surface area (Å²) in [6.07, 6.45) is 0.843. The molecule has 0 aliphatic heterocycles. The summed E-state index contributed by atoms with van der Waals surface area (Å²) in [5.74, 6) is 2.39. The van der Waals surface area contributed by atoms with E-state index >= 15 is 0 Å². The molecule has 0 saturated heterocycles. The van der Waals surface area contributed by atoms with Crippen LogP contribution in [0.4, 0.5) is 0 Å². The Hall–Kier alpha value is 0.0800. The van der Waals surface area contributed by atoms with Crippen LogP contribution in [0, 0.1) is 11.3 Å². The van der Waals surface area contributed by atoms with Gasteiger partial charge in [-0.1, -0.05) is 29.8 Å². The average Bonchev–Trinajstić information content (AvgIpc) is 2.37. The van der Waals surface area contributed by atoms with Gasteiger partial charge >= 0.3 is 0 Å². The summed E-state index contributed by atoms with van der Waals surface area (Å²) >= 11 is 15.9. The number of hydrogen-bond donors (Lipinski definition) is 0. The van der Waals surface area contributed by atoms with Gasteiger partial charge in [-0.2, -0.15) is 0 Å². The van der Waals surface area contributed by atoms with E-state index in [0.717, 1.165) is 16.6 Å². The molecule has 0 heterocycles. The van der Waals surface area contributed by atoms with Crippen molar-refractivity contribution in [2.45, 2.75) is 20.3 Å². The molecule has 1 rings (SSSR count). The van der Waals surface area contributed by atoms with Crippen molar-refractivity contribution >= 4 is 39.1 Å². The first-order valence-electron chi connectivity index (χ1n) is 5.93. The van der Waals surface area contributed by atoms with Crippen molar-refractivity contribution in [2.24, 2.45) is 11.3 Å². The molecule has 0 radical (unpaired) electrons. The van der Waals surface area contributed by atoms with Crippen molar-refractivity contribution in [1.29, 1.82) is 0 Å². The minimum Gasteiger partial charge on any atom is -0.497 e. The molecule has 18 heavy (non-hydrogen) atoms. The molecular formula is C14H19BrCl2O. The molecule has 4 heteroatoms. The lowest BCUT2D eigenvalue weighted by Gasteiger charge is -2.34. The maximum absolute atomic E-state index is 6.16. The first-order valence-corrected chi connectivity index (χ1v) is 7.79. The van der Waals surface area contributed by atoms with E-state index in [0.29, 0.717) is 17.7 Å². The second-order valence-corrected chi connectivity index (χ2v) is 6.31. The van der Waals surface area contributed by atoms with Crippen molar-refractivity contribution in [3.8, 4) is 5.75 Å². The van der Waals surface area contributed by atoms with Crippen LogP contribution in [0.15, 0.2) is 22.7 Å². The Kier molecular flexibility index (Phi) is 6.29. The quantitative estimate of drug-likeness (QED) is 0.645. The van der Waals surface area contributed by atoms with Crippen LogP contribution in [0.2, 0.25) is 0 Å². The number of methoxy groups -OCH3 is 1. The number of halogens is 3. The lowest BCUT2D eigenvalue weighted by atomic mass is 9.76. The van der Waals surface area contributed by atoms with E-state index in [2.05, 4.69) is 29.8 Å². The average molecular weight is 354 g/mol. The first kappa shape index (κ1) is 16.1. The number of alkyl halides is 2. The predicted molar refractivity (Wildman–Crippen MR) is 83.1 cm³/mol. The van der Waals surface area contributed by atoms with Crippen LogP contribution in [-0.4, -0.2) is 18.9 Å². The highest BCUT2D eigenvalue weighted by Crippen LogP contribution is 2.37. The minimum absolute atomic E-state index is 0.0853. The number of benzene rings is 1. The molecule has 1 nitrogen and oxygen atoms in total. The Balaban J connectivity index is 3.07. The zero-order chi connectivity index (χ0) is 13.8. The van der Waals surface area contributed by atoms with Crippen LogP contribution >= 0.6 is 39.1 Å². The van der Waals surface area contributed by atoms with Crippen LogP contribution < -0.4 is 4.74 Å². The molecule has 1 aromatic rings. The van der Waals surface area contributed by atoms with Crippen LogP contribution in [-0.2, 0) is 6.42 Å². The highest BCUT2D eigenvalue weighted by atomic mass is 79.9. The van der Waals surface area contributed by atoms with Gasteiger partial charge in [0.25, 0.3) is 0 Å². The SMILES string of the molecule is COc1ccc(Br)c(CC(CCl)(CCl)C(C)C)c1. The second kappa shape index (κ2) is 7.02. The van der Waals surface area contributed by atoms with E-state index < -0.39 is 0 Å². The number of rotatable bonds is 6. The molecule has 0 unspecified atom stereocenters. The summed E-state index contributed by atoms with van der Waals surface area (Å²) in [4.78, 5) is 0. The van der Waals surface area contributed by atoms with Crippen molar-refractivity contribution in [3.05, 3.63) is 28.2 Å². The maximum atomic E-state index is 6.16. The van der Waals surface area contributed by atoms with Crippen LogP contribution in [0.5, 0.6) is 5.75 Å². The zero-order valence-corrected chi connectivity index (χ0v) is 14.1. The first-order chi connectivity index (χ1) is 8.49. The van der Waals surface area contributed by atoms with Gasteiger partial charge in [-0.25, -0.2) is 0 Å². The molecule has 0 N–H and O–H groups in total. The van der Waals surface area contributed by atoms with Gasteiger partial charge in [-0.15, -0.1) is 23.2 Å². The topological polar surface area (TPSA) is 9.23 Å². The summed E-state index contributed by atoms with van der Waals surface area (Å²) in [6, 6.07) is 5.98. The highest BCUT2D eigenvalue weighted by Gasteiger charge is 2.33. The third kappa shape index (κ3) is 3.55. The van der Waals surface area contributed by atoms with Gasteiger partial charge in [-0.05, 0) is 36.1 Å². The Bertz CT molecular complexity index is 389. The molecule has 0 aliphatic carbocycles. The molecule has 0 bridgehead atoms. The molecule has 0 spiro atoms. The number of hydrogen-bond acceptors (Lipinski definition) is 1. The zero-order valence-electron chi connectivity index (χ0n) is 11.0. The maximum Gasteiger partial charge on any atom is 0.119 e. The molecule has 1 aromatic carbocycles. The van der Waals surface area contributed by atoms with E-state index in [1.807, 2.05) is 18.2 Å². The summed E-state index contributed by atoms with van der Waals surface area (Å²) in [5, 5.41) is 0. The molecule has 0 atom stereocenters. The van der Waals surface area contributed by atoms with E-state index in [1.165, 1.54) is 5.56 Å². The molecule has 0 saturated carbocycles. The summed E-state index contributed by atoms with van der Waals surface area (Å²) in [5.41, 5.74) is 1.10. The van der Waals surface area contributed by atoms with Crippen LogP contribution in [0.25, 0.3) is 0 Å². The van der Waals surface area contributed by atoms with Crippen molar-refractivity contribution in [2.75, 3.05) is 18.9 Å². The fourth-order valence-corrected chi connectivity index (χ4v) is 3.31. The largest absolute Gasteiger partial charge is 0.497 e. The molecule has 102 valence electrons. The summed E-state index contributed by atoms with van der Waals surface area (Å²) < 4.78 is 6.34. The Morgan fingerprint density at radius 3 is 2.33 bits per heavy atom. The van der Waals surface area contributed by atoms with Crippen molar-refractivity contribution < 1.29 is 4.74 Å². The van der Waals surface area contributed by atoms with Crippen LogP contribution in [0.3, 0.4) is 0 Å². The summed E-state index contributed by atoms with van der Waals surface area (Å²) in [6.45, 7) is 4.33.